The van der Waals surface area contributed by atoms with Crippen LogP contribution in [0.25, 0.3) is 0 Å². The number of nitrogens with zero attached hydrogens (tertiary/aromatic N) is 1. The summed E-state index contributed by atoms with van der Waals surface area (Å²) in [7, 11) is 0. The quantitative estimate of drug-likeness (QED) is 0.654. The van der Waals surface area contributed by atoms with E-state index in [4.69, 9.17) is 0 Å². The number of nitrogens with one attached hydrogen (secondary N) is 2. The van der Waals surface area contributed by atoms with Crippen molar-refractivity contribution in [2.75, 3.05) is 18.0 Å². The zero-order valence-electron chi connectivity index (χ0n) is 18.3. The van der Waals surface area contributed by atoms with Crippen molar-refractivity contribution in [1.82, 2.24) is 10.6 Å². The maximum atomic E-state index is 12.0. The van der Waals surface area contributed by atoms with Gasteiger partial charge in [0.15, 0.2) is 0 Å². The Morgan fingerprint density at radius 3 is 2.40 bits per heavy atom. The Hall–Kier alpha value is -2.82. The number of anilines is 1. The normalized spacial score (nSPS) is 13.1. The molecule has 30 heavy (non-hydrogen) atoms. The van der Waals surface area contributed by atoms with Gasteiger partial charge in [-0.25, -0.2) is 0 Å². The van der Waals surface area contributed by atoms with E-state index in [1.807, 2.05) is 20.8 Å². The van der Waals surface area contributed by atoms with Gasteiger partial charge in [0.05, 0.1) is 0 Å². The third-order valence-electron chi connectivity index (χ3n) is 5.42. The largest absolute Gasteiger partial charge is 0.367 e. The molecule has 0 saturated carbocycles. The highest BCUT2D eigenvalue weighted by molar-refractivity contribution is 5.81. The number of amides is 2. The van der Waals surface area contributed by atoms with Gasteiger partial charge in [-0.1, -0.05) is 63.2 Å². The number of rotatable bonds is 8. The van der Waals surface area contributed by atoms with Crippen molar-refractivity contribution in [3.63, 3.8) is 0 Å². The summed E-state index contributed by atoms with van der Waals surface area (Å²) in [5.74, 6) is 0.0261. The number of fused-ring (bicyclic) bond motifs is 1. The van der Waals surface area contributed by atoms with Crippen molar-refractivity contribution < 1.29 is 9.59 Å². The minimum absolute atomic E-state index is 0.0118. The first-order valence-electron chi connectivity index (χ1n) is 10.8. The standard InChI is InChI=1S/C25H33N3O2/c1-25(2,3)24(30)26-15-6-9-23(29)27-17-19-10-12-20(13-11-19)18-28-16-14-21-7-4-5-8-22(21)28/h4-5,7-8,10-13H,6,9,14-18H2,1-3H3,(H,26,30)(H,27,29). The van der Waals surface area contributed by atoms with Crippen LogP contribution in [0.2, 0.25) is 0 Å². The minimum Gasteiger partial charge on any atom is -0.367 e. The van der Waals surface area contributed by atoms with Crippen LogP contribution in [-0.4, -0.2) is 24.9 Å². The lowest BCUT2D eigenvalue weighted by molar-refractivity contribution is -0.128. The predicted molar refractivity (Wildman–Crippen MR) is 121 cm³/mol. The van der Waals surface area contributed by atoms with Gasteiger partial charge < -0.3 is 15.5 Å². The first-order valence-corrected chi connectivity index (χ1v) is 10.8. The van der Waals surface area contributed by atoms with Crippen LogP contribution in [-0.2, 0) is 29.1 Å². The van der Waals surface area contributed by atoms with Crippen molar-refractivity contribution in [3.8, 4) is 0 Å². The van der Waals surface area contributed by atoms with Crippen LogP contribution in [0.3, 0.4) is 0 Å². The zero-order valence-corrected chi connectivity index (χ0v) is 18.3. The molecule has 2 aromatic rings. The van der Waals surface area contributed by atoms with Crippen LogP contribution in [0, 0.1) is 5.41 Å². The molecule has 1 aliphatic rings. The molecular formula is C25H33N3O2. The number of hydrogen-bond acceptors (Lipinski definition) is 3. The summed E-state index contributed by atoms with van der Waals surface area (Å²) in [6, 6.07) is 17.1. The Balaban J connectivity index is 1.38. The fraction of sp³-hybridized carbons (Fsp3) is 0.440. The maximum absolute atomic E-state index is 12.0. The van der Waals surface area contributed by atoms with E-state index in [1.165, 1.54) is 16.8 Å². The molecule has 0 atom stereocenters. The number of carbonyl (C=O) groups excluding carboxylic acids is 2. The molecule has 0 unspecified atom stereocenters. The summed E-state index contributed by atoms with van der Waals surface area (Å²) < 4.78 is 0. The van der Waals surface area contributed by atoms with Crippen molar-refractivity contribution in [2.24, 2.45) is 5.41 Å². The molecule has 0 aromatic heterocycles. The van der Waals surface area contributed by atoms with Crippen molar-refractivity contribution in [3.05, 3.63) is 65.2 Å². The third-order valence-corrected chi connectivity index (χ3v) is 5.42. The van der Waals surface area contributed by atoms with Gasteiger partial charge in [-0.2, -0.15) is 0 Å². The van der Waals surface area contributed by atoms with Gasteiger partial charge >= 0.3 is 0 Å². The maximum Gasteiger partial charge on any atom is 0.225 e. The number of benzene rings is 2. The van der Waals surface area contributed by atoms with Crippen LogP contribution in [0.5, 0.6) is 0 Å². The van der Waals surface area contributed by atoms with E-state index in [1.54, 1.807) is 0 Å². The molecule has 2 amide bonds. The molecule has 5 heteroatoms. The van der Waals surface area contributed by atoms with E-state index < -0.39 is 5.41 Å². The van der Waals surface area contributed by atoms with E-state index in [0.717, 1.165) is 25.1 Å². The monoisotopic (exact) mass is 407 g/mol. The van der Waals surface area contributed by atoms with Gasteiger partial charge in [0.2, 0.25) is 11.8 Å². The van der Waals surface area contributed by atoms with Gasteiger partial charge in [-0.15, -0.1) is 0 Å². The average Bonchev–Trinajstić information content (AvgIpc) is 3.13. The number of para-hydroxylation sites is 1. The molecule has 0 saturated heterocycles. The molecule has 160 valence electrons. The lowest BCUT2D eigenvalue weighted by Gasteiger charge is -2.19. The molecule has 5 nitrogen and oxygen atoms in total. The highest BCUT2D eigenvalue weighted by Gasteiger charge is 2.20. The molecule has 0 bridgehead atoms. The van der Waals surface area contributed by atoms with Crippen LogP contribution in [0.15, 0.2) is 48.5 Å². The highest BCUT2D eigenvalue weighted by atomic mass is 16.2. The summed E-state index contributed by atoms with van der Waals surface area (Å²) in [4.78, 5) is 26.3. The molecule has 0 spiro atoms. The van der Waals surface area contributed by atoms with E-state index >= 15 is 0 Å². The Bertz CT molecular complexity index is 869. The zero-order chi connectivity index (χ0) is 21.6. The van der Waals surface area contributed by atoms with E-state index in [-0.39, 0.29) is 11.8 Å². The van der Waals surface area contributed by atoms with Gasteiger partial charge in [0, 0.05) is 43.7 Å². The summed E-state index contributed by atoms with van der Waals surface area (Å²) in [6.07, 6.45) is 2.17. The van der Waals surface area contributed by atoms with Crippen LogP contribution in [0.4, 0.5) is 5.69 Å². The van der Waals surface area contributed by atoms with E-state index in [9.17, 15) is 9.59 Å². The molecule has 2 aromatic carbocycles. The summed E-state index contributed by atoms with van der Waals surface area (Å²) >= 11 is 0. The Morgan fingerprint density at radius 1 is 0.967 bits per heavy atom. The molecule has 3 rings (SSSR count). The first kappa shape index (κ1) is 21.9. The molecule has 0 radical (unpaired) electrons. The van der Waals surface area contributed by atoms with Crippen molar-refractivity contribution in [1.29, 1.82) is 0 Å². The highest BCUT2D eigenvalue weighted by Crippen LogP contribution is 2.28. The van der Waals surface area contributed by atoms with Crippen LogP contribution < -0.4 is 15.5 Å². The van der Waals surface area contributed by atoms with Crippen molar-refractivity contribution >= 4 is 17.5 Å². The van der Waals surface area contributed by atoms with Crippen molar-refractivity contribution in [2.45, 2.75) is 53.1 Å². The van der Waals surface area contributed by atoms with E-state index in [0.29, 0.717) is 25.9 Å². The number of carbonyl (C=O) groups is 2. The molecule has 0 fully saturated rings. The first-order chi connectivity index (χ1) is 14.3. The second kappa shape index (κ2) is 9.79. The van der Waals surface area contributed by atoms with Gasteiger partial charge in [-0.3, -0.25) is 9.59 Å². The average molecular weight is 408 g/mol. The van der Waals surface area contributed by atoms with Gasteiger partial charge in [-0.05, 0) is 35.6 Å². The van der Waals surface area contributed by atoms with Crippen LogP contribution in [0.1, 0.15) is 50.3 Å². The fourth-order valence-corrected chi connectivity index (χ4v) is 3.56. The third kappa shape index (κ3) is 6.09. The van der Waals surface area contributed by atoms with Gasteiger partial charge in [0.1, 0.15) is 0 Å². The second-order valence-electron chi connectivity index (χ2n) is 9.00. The fourth-order valence-electron chi connectivity index (χ4n) is 3.56. The smallest absolute Gasteiger partial charge is 0.225 e. The Labute approximate surface area is 179 Å². The Kier molecular flexibility index (Phi) is 7.14. The molecular weight excluding hydrogens is 374 g/mol. The predicted octanol–water partition coefficient (Wildman–Crippen LogP) is 3.81. The minimum atomic E-state index is -0.396. The topological polar surface area (TPSA) is 61.4 Å². The lowest BCUT2D eigenvalue weighted by atomic mass is 9.96. The molecule has 0 aliphatic carbocycles. The van der Waals surface area contributed by atoms with E-state index in [2.05, 4.69) is 64.1 Å². The van der Waals surface area contributed by atoms with Crippen LogP contribution >= 0.6 is 0 Å². The molecule has 1 heterocycles. The summed E-state index contributed by atoms with van der Waals surface area (Å²) in [5, 5.41) is 5.83. The lowest BCUT2D eigenvalue weighted by Crippen LogP contribution is -2.35. The SMILES string of the molecule is CC(C)(C)C(=O)NCCCC(=O)NCc1ccc(CN2CCc3ccccc32)cc1. The van der Waals surface area contributed by atoms with Gasteiger partial charge in [0.25, 0.3) is 0 Å². The second-order valence-corrected chi connectivity index (χ2v) is 9.00. The molecule has 2 N–H and O–H groups in total. The summed E-state index contributed by atoms with van der Waals surface area (Å²) in [6.45, 7) is 8.66. The Morgan fingerprint density at radius 2 is 1.67 bits per heavy atom. The number of hydrogen-bond donors (Lipinski definition) is 2. The molecule has 1 aliphatic heterocycles. The summed E-state index contributed by atoms with van der Waals surface area (Å²) in [5.41, 5.74) is 4.74.